The molecule has 1 aliphatic rings. The third-order valence-corrected chi connectivity index (χ3v) is 3.43. The molecule has 0 bridgehead atoms. The van der Waals surface area contributed by atoms with Crippen LogP contribution in [0.1, 0.15) is 12.5 Å². The van der Waals surface area contributed by atoms with Gasteiger partial charge >= 0.3 is 12.1 Å². The first kappa shape index (κ1) is 17.6. The second kappa shape index (κ2) is 6.03. The van der Waals surface area contributed by atoms with Crippen LogP contribution in [0, 0.1) is 5.82 Å². The summed E-state index contributed by atoms with van der Waals surface area (Å²) in [5, 5.41) is 1.99. The number of hydrogen-bond acceptors (Lipinski definition) is 3. The molecule has 128 valence electrons. The van der Waals surface area contributed by atoms with Crippen LogP contribution in [0.5, 0.6) is 0 Å². The molecule has 0 aliphatic carbocycles. The number of hydrogen-bond donors (Lipinski definition) is 1. The van der Waals surface area contributed by atoms with Gasteiger partial charge in [-0.1, -0.05) is 0 Å². The number of aliphatic imine (C=N–C) groups is 1. The Bertz CT molecular complexity index is 601. The van der Waals surface area contributed by atoms with Crippen LogP contribution in [0.15, 0.2) is 23.2 Å². The Morgan fingerprint density at radius 3 is 2.52 bits per heavy atom. The first-order valence-corrected chi connectivity index (χ1v) is 6.65. The Kier molecular flexibility index (Phi) is 4.61. The van der Waals surface area contributed by atoms with E-state index in [0.29, 0.717) is 0 Å². The van der Waals surface area contributed by atoms with Crippen LogP contribution >= 0.6 is 0 Å². The van der Waals surface area contributed by atoms with E-state index in [9.17, 15) is 26.3 Å². The van der Waals surface area contributed by atoms with Crippen molar-refractivity contribution in [1.29, 1.82) is 0 Å². The minimum Gasteiger partial charge on any atom is -0.379 e. The van der Waals surface area contributed by atoms with Gasteiger partial charge in [0.05, 0.1) is 19.8 Å². The molecule has 0 unspecified atom stereocenters. The number of ether oxygens (including phenoxy) is 1. The third kappa shape index (κ3) is 3.77. The molecule has 1 aliphatic heterocycles. The van der Waals surface area contributed by atoms with E-state index in [4.69, 9.17) is 4.74 Å². The molecule has 0 amide bonds. The van der Waals surface area contributed by atoms with Gasteiger partial charge in [0.2, 0.25) is 0 Å². The molecule has 0 saturated heterocycles. The summed E-state index contributed by atoms with van der Waals surface area (Å²) in [6.07, 6.45) is -4.21. The summed E-state index contributed by atoms with van der Waals surface area (Å²) in [5.74, 6) is -5.54. The van der Waals surface area contributed by atoms with E-state index in [-0.39, 0.29) is 24.5 Å². The molecule has 1 heterocycles. The van der Waals surface area contributed by atoms with Crippen LogP contribution in [0.3, 0.4) is 0 Å². The van der Waals surface area contributed by atoms with Gasteiger partial charge in [-0.05, 0) is 25.1 Å². The lowest BCUT2D eigenvalue weighted by Crippen LogP contribution is -2.42. The molecule has 0 aromatic heterocycles. The van der Waals surface area contributed by atoms with Crippen molar-refractivity contribution in [2.24, 2.45) is 4.99 Å². The van der Waals surface area contributed by atoms with E-state index in [0.717, 1.165) is 18.2 Å². The van der Waals surface area contributed by atoms with E-state index in [1.54, 1.807) is 6.92 Å². The van der Waals surface area contributed by atoms with Crippen LogP contribution in [-0.4, -0.2) is 38.1 Å². The van der Waals surface area contributed by atoms with Crippen molar-refractivity contribution in [2.75, 3.05) is 25.1 Å². The summed E-state index contributed by atoms with van der Waals surface area (Å²) in [6, 6.07) is 3.23. The van der Waals surface area contributed by atoms with Crippen molar-refractivity contribution in [3.05, 3.63) is 29.6 Å². The lowest BCUT2D eigenvalue weighted by Gasteiger charge is -2.29. The van der Waals surface area contributed by atoms with E-state index < -0.39 is 30.0 Å². The predicted molar refractivity (Wildman–Crippen MR) is 72.6 cm³/mol. The van der Waals surface area contributed by atoms with Crippen LogP contribution in [0.4, 0.5) is 32.0 Å². The molecule has 0 saturated carbocycles. The smallest absolute Gasteiger partial charge is 0.379 e. The van der Waals surface area contributed by atoms with Crippen LogP contribution in [0.25, 0.3) is 0 Å². The number of anilines is 1. The van der Waals surface area contributed by atoms with Crippen molar-refractivity contribution >= 4 is 11.9 Å². The quantitative estimate of drug-likeness (QED) is 0.847. The third-order valence-electron chi connectivity index (χ3n) is 3.43. The fraction of sp³-hybridized carbons (Fsp3) is 0.500. The Labute approximate surface area is 128 Å². The molecule has 1 atom stereocenters. The molecule has 1 N–H and O–H groups in total. The molecule has 0 radical (unpaired) electrons. The van der Waals surface area contributed by atoms with Gasteiger partial charge in [0.25, 0.3) is 0 Å². The maximum absolute atomic E-state index is 14.0. The molecule has 9 heteroatoms. The predicted octanol–water partition coefficient (Wildman–Crippen LogP) is 3.75. The number of halogens is 6. The molecule has 1 aromatic rings. The topological polar surface area (TPSA) is 33.6 Å². The maximum atomic E-state index is 14.0. The van der Waals surface area contributed by atoms with Gasteiger partial charge < -0.3 is 10.1 Å². The highest BCUT2D eigenvalue weighted by molar-refractivity contribution is 5.61. The van der Waals surface area contributed by atoms with Crippen molar-refractivity contribution in [3.63, 3.8) is 0 Å². The summed E-state index contributed by atoms with van der Waals surface area (Å²) in [5.41, 5.74) is -1.08. The van der Waals surface area contributed by atoms with Gasteiger partial charge in [-0.15, -0.1) is 0 Å². The number of nitrogens with zero attached hydrogens (tertiary/aromatic N) is 1. The summed E-state index contributed by atoms with van der Waals surface area (Å²) < 4.78 is 81.4. The van der Waals surface area contributed by atoms with Gasteiger partial charge in [-0.3, -0.25) is 4.99 Å². The van der Waals surface area contributed by atoms with Crippen molar-refractivity contribution in [3.8, 4) is 0 Å². The number of nitrogens with one attached hydrogen (secondary N) is 1. The lowest BCUT2D eigenvalue weighted by molar-refractivity contribution is -0.275. The van der Waals surface area contributed by atoms with E-state index in [2.05, 4.69) is 4.99 Å². The SMILES string of the molecule is C[C@@]1(c2cc(NCC(F)(F)C(F)(F)F)ccc2F)COCC=N1. The van der Waals surface area contributed by atoms with Gasteiger partial charge in [0, 0.05) is 17.5 Å². The second-order valence-electron chi connectivity index (χ2n) is 5.35. The van der Waals surface area contributed by atoms with Crippen LogP contribution in [0.2, 0.25) is 0 Å². The highest BCUT2D eigenvalue weighted by Crippen LogP contribution is 2.36. The first-order valence-electron chi connectivity index (χ1n) is 6.65. The van der Waals surface area contributed by atoms with Crippen molar-refractivity contribution in [1.82, 2.24) is 0 Å². The maximum Gasteiger partial charge on any atom is 0.455 e. The van der Waals surface area contributed by atoms with Crippen molar-refractivity contribution < 1.29 is 31.1 Å². The lowest BCUT2D eigenvalue weighted by atomic mass is 9.92. The normalized spacial score (nSPS) is 22.2. The Morgan fingerprint density at radius 2 is 1.96 bits per heavy atom. The zero-order valence-corrected chi connectivity index (χ0v) is 12.1. The summed E-state index contributed by atoms with van der Waals surface area (Å²) in [4.78, 5) is 4.14. The molecule has 3 nitrogen and oxygen atoms in total. The number of benzene rings is 1. The van der Waals surface area contributed by atoms with Gasteiger partial charge in [0.1, 0.15) is 11.4 Å². The van der Waals surface area contributed by atoms with Gasteiger partial charge in [-0.2, -0.15) is 22.0 Å². The Balaban J connectivity index is 2.21. The van der Waals surface area contributed by atoms with Crippen LogP contribution < -0.4 is 5.32 Å². The second-order valence-corrected chi connectivity index (χ2v) is 5.35. The van der Waals surface area contributed by atoms with Gasteiger partial charge in [-0.25, -0.2) is 4.39 Å². The average Bonchev–Trinajstić information content (AvgIpc) is 2.46. The molecule has 23 heavy (non-hydrogen) atoms. The summed E-state index contributed by atoms with van der Waals surface area (Å²) in [6.45, 7) is 0.281. The van der Waals surface area contributed by atoms with Crippen LogP contribution in [-0.2, 0) is 10.3 Å². The Hall–Kier alpha value is -1.77. The molecular weight excluding hydrogens is 326 g/mol. The molecule has 1 aromatic carbocycles. The zero-order valence-electron chi connectivity index (χ0n) is 12.1. The first-order chi connectivity index (χ1) is 10.6. The fourth-order valence-corrected chi connectivity index (χ4v) is 2.09. The summed E-state index contributed by atoms with van der Waals surface area (Å²) in [7, 11) is 0. The average molecular weight is 340 g/mol. The monoisotopic (exact) mass is 340 g/mol. The summed E-state index contributed by atoms with van der Waals surface area (Å²) >= 11 is 0. The Morgan fingerprint density at radius 1 is 1.26 bits per heavy atom. The molecule has 0 fully saturated rings. The fourth-order valence-electron chi connectivity index (χ4n) is 2.09. The number of rotatable bonds is 4. The van der Waals surface area contributed by atoms with E-state index in [1.165, 1.54) is 6.21 Å². The standard InChI is InChI=1S/C14H14F6N2O/c1-12(8-23-5-4-22-12)10-6-9(2-3-11(10)15)21-7-13(16,17)14(18,19)20/h2-4,6,21H,5,7-8H2,1H3/t12-/m0/s1. The highest BCUT2D eigenvalue weighted by atomic mass is 19.4. The minimum absolute atomic E-state index is 0.0498. The van der Waals surface area contributed by atoms with Crippen molar-refractivity contribution in [2.45, 2.75) is 24.6 Å². The zero-order chi connectivity index (χ0) is 17.3. The molecule has 0 spiro atoms. The molecular formula is C14H14F6N2O. The van der Waals surface area contributed by atoms with E-state index in [1.807, 2.05) is 5.32 Å². The van der Waals surface area contributed by atoms with Gasteiger partial charge in [0.15, 0.2) is 0 Å². The highest BCUT2D eigenvalue weighted by Gasteiger charge is 2.57. The number of alkyl halides is 5. The largest absolute Gasteiger partial charge is 0.455 e. The minimum atomic E-state index is -5.66. The molecule has 2 rings (SSSR count). The van der Waals surface area contributed by atoms with E-state index >= 15 is 0 Å².